The minimum absolute atomic E-state index is 0.170. The quantitative estimate of drug-likeness (QED) is 0.683. The summed E-state index contributed by atoms with van der Waals surface area (Å²) < 4.78 is 0. The molecule has 3 rings (SSSR count). The normalized spacial score (nSPS) is 16.6. The van der Waals surface area contributed by atoms with Gasteiger partial charge in [-0.3, -0.25) is 4.79 Å². The fraction of sp³-hybridized carbons (Fsp3) is 0.273. The highest BCUT2D eigenvalue weighted by atomic mass is 35.5. The molecule has 1 unspecified atom stereocenters. The molecule has 28 heavy (non-hydrogen) atoms. The smallest absolute Gasteiger partial charge is 0.260 e. The maximum atomic E-state index is 13.0. The highest BCUT2D eigenvalue weighted by Crippen LogP contribution is 2.36. The van der Waals surface area contributed by atoms with Crippen LogP contribution in [0.15, 0.2) is 48.5 Å². The van der Waals surface area contributed by atoms with E-state index in [-0.39, 0.29) is 10.9 Å². The van der Waals surface area contributed by atoms with Crippen LogP contribution >= 0.6 is 23.2 Å². The molecule has 6 heteroatoms. The predicted octanol–water partition coefficient (Wildman–Crippen LogP) is 5.44. The molecule has 144 valence electrons. The number of aliphatic hydroxyl groups is 1. The first-order valence-electron chi connectivity index (χ1n) is 9.10. The summed E-state index contributed by atoms with van der Waals surface area (Å²) in [6.07, 6.45) is 6.78. The number of amides is 1. The standard InChI is InChI=1S/C22H20Cl2N2O2/c23-18-7-3-4-15(12-18)10-11-22(28,17-5-1-2-6-17)21(27)26-19-9-8-16(14-25)20(24)13-19/h3-4,7-13,17,28H,1-2,5-6H2,(H,26,27)/b11-10+. The molecule has 1 fully saturated rings. The Labute approximate surface area is 174 Å². The van der Waals surface area contributed by atoms with Crippen molar-refractivity contribution in [1.82, 2.24) is 0 Å². The van der Waals surface area contributed by atoms with Crippen molar-refractivity contribution in [3.05, 3.63) is 69.7 Å². The zero-order chi connectivity index (χ0) is 20.1. The van der Waals surface area contributed by atoms with Crippen LogP contribution in [0, 0.1) is 17.2 Å². The van der Waals surface area contributed by atoms with Gasteiger partial charge in [-0.15, -0.1) is 0 Å². The molecule has 1 atom stereocenters. The molecule has 2 aromatic rings. The number of nitriles is 1. The Morgan fingerprint density at radius 3 is 2.61 bits per heavy atom. The topological polar surface area (TPSA) is 73.1 Å². The average molecular weight is 415 g/mol. The number of carbonyl (C=O) groups is 1. The lowest BCUT2D eigenvalue weighted by atomic mass is 9.84. The lowest BCUT2D eigenvalue weighted by Crippen LogP contribution is -2.46. The molecule has 0 aliphatic heterocycles. The molecule has 1 saturated carbocycles. The fourth-order valence-corrected chi connectivity index (χ4v) is 3.93. The van der Waals surface area contributed by atoms with E-state index < -0.39 is 11.5 Å². The first-order chi connectivity index (χ1) is 13.4. The third kappa shape index (κ3) is 4.56. The number of rotatable bonds is 5. The zero-order valence-electron chi connectivity index (χ0n) is 15.2. The second-order valence-electron chi connectivity index (χ2n) is 6.96. The minimum Gasteiger partial charge on any atom is -0.376 e. The summed E-state index contributed by atoms with van der Waals surface area (Å²) in [6.45, 7) is 0. The van der Waals surface area contributed by atoms with Crippen LogP contribution in [0.5, 0.6) is 0 Å². The first-order valence-corrected chi connectivity index (χ1v) is 9.86. The monoisotopic (exact) mass is 414 g/mol. The molecule has 4 nitrogen and oxygen atoms in total. The third-order valence-corrected chi connectivity index (χ3v) is 5.62. The van der Waals surface area contributed by atoms with Gasteiger partial charge in [0, 0.05) is 16.6 Å². The van der Waals surface area contributed by atoms with Gasteiger partial charge in [0.2, 0.25) is 0 Å². The molecule has 2 N–H and O–H groups in total. The van der Waals surface area contributed by atoms with Crippen molar-refractivity contribution in [3.63, 3.8) is 0 Å². The summed E-state index contributed by atoms with van der Waals surface area (Å²) in [4.78, 5) is 13.0. The van der Waals surface area contributed by atoms with Crippen LogP contribution < -0.4 is 5.32 Å². The summed E-state index contributed by atoms with van der Waals surface area (Å²) in [5.41, 5.74) is -0.0922. The number of anilines is 1. The van der Waals surface area contributed by atoms with Crippen LogP contribution in [-0.4, -0.2) is 16.6 Å². The highest BCUT2D eigenvalue weighted by molar-refractivity contribution is 6.32. The van der Waals surface area contributed by atoms with Crippen molar-refractivity contribution in [3.8, 4) is 6.07 Å². The van der Waals surface area contributed by atoms with E-state index in [4.69, 9.17) is 28.5 Å². The molecule has 1 amide bonds. The predicted molar refractivity (Wildman–Crippen MR) is 112 cm³/mol. The molecule has 0 bridgehead atoms. The molecule has 1 aliphatic rings. The number of hydrogen-bond acceptors (Lipinski definition) is 3. The zero-order valence-corrected chi connectivity index (χ0v) is 16.7. The minimum atomic E-state index is -1.65. The van der Waals surface area contributed by atoms with Crippen molar-refractivity contribution < 1.29 is 9.90 Å². The molecule has 0 saturated heterocycles. The van der Waals surface area contributed by atoms with Gasteiger partial charge in [0.15, 0.2) is 5.60 Å². The van der Waals surface area contributed by atoms with Gasteiger partial charge >= 0.3 is 0 Å². The molecule has 0 radical (unpaired) electrons. The average Bonchev–Trinajstić information content (AvgIpc) is 3.22. The number of nitrogens with zero attached hydrogens (tertiary/aromatic N) is 1. The highest BCUT2D eigenvalue weighted by Gasteiger charge is 2.42. The maximum absolute atomic E-state index is 13.0. The lowest BCUT2D eigenvalue weighted by molar-refractivity contribution is -0.133. The van der Waals surface area contributed by atoms with Crippen LogP contribution in [0.2, 0.25) is 10.0 Å². The van der Waals surface area contributed by atoms with Gasteiger partial charge in [-0.05, 0) is 54.8 Å². The van der Waals surface area contributed by atoms with Crippen molar-refractivity contribution in [2.75, 3.05) is 5.32 Å². The van der Waals surface area contributed by atoms with Crippen molar-refractivity contribution >= 4 is 40.9 Å². The van der Waals surface area contributed by atoms with E-state index in [2.05, 4.69) is 5.32 Å². The van der Waals surface area contributed by atoms with Crippen LogP contribution in [0.3, 0.4) is 0 Å². The summed E-state index contributed by atoms with van der Waals surface area (Å²) in [5.74, 6) is -0.685. The SMILES string of the molecule is N#Cc1ccc(NC(=O)C(O)(/C=C/c2cccc(Cl)c2)C2CCCC2)cc1Cl. The first kappa shape index (κ1) is 20.4. The summed E-state index contributed by atoms with van der Waals surface area (Å²) in [7, 11) is 0. The number of carbonyl (C=O) groups excluding carboxylic acids is 1. The molecular weight excluding hydrogens is 395 g/mol. The van der Waals surface area contributed by atoms with E-state index in [1.165, 1.54) is 12.1 Å². The van der Waals surface area contributed by atoms with Crippen molar-refractivity contribution in [2.45, 2.75) is 31.3 Å². The Kier molecular flexibility index (Phi) is 6.41. The number of nitrogens with one attached hydrogen (secondary N) is 1. The van der Waals surface area contributed by atoms with Gasteiger partial charge in [0.25, 0.3) is 5.91 Å². The Bertz CT molecular complexity index is 946. The van der Waals surface area contributed by atoms with E-state index in [1.54, 1.807) is 30.4 Å². The van der Waals surface area contributed by atoms with Gasteiger partial charge < -0.3 is 10.4 Å². The lowest BCUT2D eigenvalue weighted by Gasteiger charge is -2.30. The van der Waals surface area contributed by atoms with Gasteiger partial charge in [0.1, 0.15) is 6.07 Å². The third-order valence-electron chi connectivity index (χ3n) is 5.07. The number of benzene rings is 2. The fourth-order valence-electron chi connectivity index (χ4n) is 3.51. The van der Waals surface area contributed by atoms with E-state index in [1.807, 2.05) is 18.2 Å². The Morgan fingerprint density at radius 2 is 1.96 bits per heavy atom. The molecule has 0 heterocycles. The second kappa shape index (κ2) is 8.79. The van der Waals surface area contributed by atoms with E-state index >= 15 is 0 Å². The molecule has 0 spiro atoms. The van der Waals surface area contributed by atoms with Gasteiger partial charge in [-0.25, -0.2) is 0 Å². The van der Waals surface area contributed by atoms with Gasteiger partial charge in [-0.2, -0.15) is 5.26 Å². The Morgan fingerprint density at radius 1 is 1.21 bits per heavy atom. The van der Waals surface area contributed by atoms with E-state index in [0.29, 0.717) is 16.3 Å². The van der Waals surface area contributed by atoms with Crippen LogP contribution in [0.1, 0.15) is 36.8 Å². The van der Waals surface area contributed by atoms with Gasteiger partial charge in [0.05, 0.1) is 10.6 Å². The maximum Gasteiger partial charge on any atom is 0.260 e. The Balaban J connectivity index is 1.87. The second-order valence-corrected chi connectivity index (χ2v) is 7.80. The number of halogens is 2. The van der Waals surface area contributed by atoms with E-state index in [9.17, 15) is 9.90 Å². The van der Waals surface area contributed by atoms with Crippen LogP contribution in [0.25, 0.3) is 6.08 Å². The van der Waals surface area contributed by atoms with Gasteiger partial charge in [-0.1, -0.05) is 54.3 Å². The number of hydrogen-bond donors (Lipinski definition) is 2. The van der Waals surface area contributed by atoms with Crippen LogP contribution in [0.4, 0.5) is 5.69 Å². The van der Waals surface area contributed by atoms with Crippen molar-refractivity contribution in [2.24, 2.45) is 5.92 Å². The molecular formula is C22H20Cl2N2O2. The van der Waals surface area contributed by atoms with E-state index in [0.717, 1.165) is 31.2 Å². The van der Waals surface area contributed by atoms with Crippen LogP contribution in [-0.2, 0) is 4.79 Å². The summed E-state index contributed by atoms with van der Waals surface area (Å²) >= 11 is 12.1. The van der Waals surface area contributed by atoms with Crippen molar-refractivity contribution in [1.29, 1.82) is 5.26 Å². The molecule has 2 aromatic carbocycles. The molecule has 1 aliphatic carbocycles. The summed E-state index contributed by atoms with van der Waals surface area (Å²) in [5, 5.41) is 23.9. The summed E-state index contributed by atoms with van der Waals surface area (Å²) in [6, 6.07) is 13.8. The Hall–Kier alpha value is -2.32. The largest absolute Gasteiger partial charge is 0.376 e. The molecule has 0 aromatic heterocycles.